The first-order valence-corrected chi connectivity index (χ1v) is 6.68. The summed E-state index contributed by atoms with van der Waals surface area (Å²) in [7, 11) is 0. The number of carbonyl (C=O) groups is 1. The molecule has 1 N–H and O–H groups in total. The minimum atomic E-state index is -1.02. The van der Waals surface area contributed by atoms with Gasteiger partial charge in [0.1, 0.15) is 12.4 Å². The van der Waals surface area contributed by atoms with Crippen molar-refractivity contribution in [1.29, 1.82) is 0 Å². The third kappa shape index (κ3) is 3.81. The molecule has 4 nitrogen and oxygen atoms in total. The fourth-order valence-corrected chi connectivity index (χ4v) is 2.20. The molecule has 0 aliphatic rings. The van der Waals surface area contributed by atoms with Crippen LogP contribution in [-0.4, -0.2) is 16.1 Å². The van der Waals surface area contributed by atoms with E-state index in [1.807, 2.05) is 5.38 Å². The van der Waals surface area contributed by atoms with Crippen molar-refractivity contribution in [3.8, 4) is 5.75 Å². The number of aliphatic carboxylic acids is 1. The molecule has 1 aromatic heterocycles. The Morgan fingerprint density at radius 3 is 3.05 bits per heavy atom. The number of para-hydroxylation sites is 1. The summed E-state index contributed by atoms with van der Waals surface area (Å²) in [4.78, 5) is 14.6. The molecule has 0 fully saturated rings. The number of halogens is 1. The fourth-order valence-electron chi connectivity index (χ4n) is 1.43. The van der Waals surface area contributed by atoms with Crippen molar-refractivity contribution >= 4 is 35.0 Å². The summed E-state index contributed by atoms with van der Waals surface area (Å²) in [6.45, 7) is 0.293. The van der Waals surface area contributed by atoms with Crippen LogP contribution in [0.15, 0.2) is 35.2 Å². The Balaban J connectivity index is 2.20. The lowest BCUT2D eigenvalue weighted by atomic mass is 10.2. The zero-order valence-electron chi connectivity index (χ0n) is 9.75. The van der Waals surface area contributed by atoms with Crippen LogP contribution >= 0.6 is 22.9 Å². The highest BCUT2D eigenvalue weighted by Gasteiger charge is 2.07. The van der Waals surface area contributed by atoms with Crippen molar-refractivity contribution in [3.05, 3.63) is 51.4 Å². The third-order valence-corrected chi connectivity index (χ3v) is 3.18. The molecule has 19 heavy (non-hydrogen) atoms. The van der Waals surface area contributed by atoms with Crippen LogP contribution in [0.4, 0.5) is 0 Å². The molecule has 1 aromatic carbocycles. The van der Waals surface area contributed by atoms with Crippen molar-refractivity contribution in [2.75, 3.05) is 0 Å². The first-order valence-electron chi connectivity index (χ1n) is 5.36. The smallest absolute Gasteiger partial charge is 0.328 e. The molecule has 0 aliphatic heterocycles. The Labute approximate surface area is 118 Å². The number of hydrogen-bond acceptors (Lipinski definition) is 4. The quantitative estimate of drug-likeness (QED) is 0.858. The lowest BCUT2D eigenvalue weighted by molar-refractivity contribution is -0.131. The standard InChI is InChI=1S/C13H10ClNO3S/c14-11-3-1-2-9(4-5-12(16)17)13(11)18-6-10-7-19-8-15-10/h1-5,7-8H,6H2,(H,16,17)/b5-4+. The van der Waals surface area contributed by atoms with E-state index >= 15 is 0 Å². The summed E-state index contributed by atoms with van der Waals surface area (Å²) in [5.41, 5.74) is 3.14. The maximum absolute atomic E-state index is 10.5. The van der Waals surface area contributed by atoms with Gasteiger partial charge in [0.25, 0.3) is 0 Å². The molecule has 1 heterocycles. The van der Waals surface area contributed by atoms with Crippen LogP contribution in [0.3, 0.4) is 0 Å². The molecule has 0 aliphatic carbocycles. The highest BCUT2D eigenvalue weighted by molar-refractivity contribution is 7.07. The molecule has 0 radical (unpaired) electrons. The predicted molar refractivity (Wildman–Crippen MR) is 74.6 cm³/mol. The lowest BCUT2D eigenvalue weighted by Crippen LogP contribution is -1.98. The topological polar surface area (TPSA) is 59.4 Å². The molecular weight excluding hydrogens is 286 g/mol. The van der Waals surface area contributed by atoms with Gasteiger partial charge in [-0.1, -0.05) is 23.7 Å². The Hall–Kier alpha value is -1.85. The van der Waals surface area contributed by atoms with Gasteiger partial charge in [-0.25, -0.2) is 9.78 Å². The first kappa shape index (κ1) is 13.6. The number of carboxylic acid groups (broad SMARTS) is 1. The van der Waals surface area contributed by atoms with Gasteiger partial charge < -0.3 is 9.84 Å². The van der Waals surface area contributed by atoms with Crippen molar-refractivity contribution in [2.45, 2.75) is 6.61 Å². The second kappa shape index (κ2) is 6.36. The number of carboxylic acids is 1. The first-order chi connectivity index (χ1) is 9.16. The molecule has 2 rings (SSSR count). The van der Waals surface area contributed by atoms with E-state index in [0.29, 0.717) is 22.9 Å². The molecule has 0 atom stereocenters. The number of nitrogens with zero attached hydrogens (tertiary/aromatic N) is 1. The van der Waals surface area contributed by atoms with Gasteiger partial charge in [-0.2, -0.15) is 0 Å². The number of aromatic nitrogens is 1. The number of thiazole rings is 1. The van der Waals surface area contributed by atoms with E-state index < -0.39 is 5.97 Å². The van der Waals surface area contributed by atoms with E-state index in [1.165, 1.54) is 17.4 Å². The molecule has 6 heteroatoms. The number of ether oxygens (including phenoxy) is 1. The molecule has 0 saturated carbocycles. The number of rotatable bonds is 5. The van der Waals surface area contributed by atoms with Gasteiger partial charge >= 0.3 is 5.97 Å². The summed E-state index contributed by atoms with van der Waals surface area (Å²) >= 11 is 7.54. The van der Waals surface area contributed by atoms with Crippen LogP contribution in [0, 0.1) is 0 Å². The van der Waals surface area contributed by atoms with E-state index in [4.69, 9.17) is 21.4 Å². The van der Waals surface area contributed by atoms with E-state index in [0.717, 1.165) is 11.8 Å². The van der Waals surface area contributed by atoms with Crippen molar-refractivity contribution in [2.24, 2.45) is 0 Å². The van der Waals surface area contributed by atoms with Crippen LogP contribution < -0.4 is 4.74 Å². The van der Waals surface area contributed by atoms with E-state index in [2.05, 4.69) is 4.98 Å². The zero-order chi connectivity index (χ0) is 13.7. The van der Waals surface area contributed by atoms with Crippen LogP contribution in [0.5, 0.6) is 5.75 Å². The van der Waals surface area contributed by atoms with Gasteiger partial charge in [0.05, 0.1) is 16.2 Å². The molecule has 0 bridgehead atoms. The highest BCUT2D eigenvalue weighted by Crippen LogP contribution is 2.30. The summed E-state index contributed by atoms with van der Waals surface area (Å²) in [5, 5.41) is 11.0. The summed E-state index contributed by atoms with van der Waals surface area (Å²) in [6.07, 6.45) is 2.49. The van der Waals surface area contributed by atoms with E-state index in [-0.39, 0.29) is 0 Å². The average molecular weight is 296 g/mol. The summed E-state index contributed by atoms with van der Waals surface area (Å²) in [6, 6.07) is 5.16. The minimum Gasteiger partial charge on any atom is -0.485 e. The van der Waals surface area contributed by atoms with Crippen LogP contribution in [0.2, 0.25) is 5.02 Å². The molecule has 0 unspecified atom stereocenters. The van der Waals surface area contributed by atoms with Gasteiger partial charge in [-0.15, -0.1) is 11.3 Å². The molecule has 0 amide bonds. The molecule has 0 spiro atoms. The van der Waals surface area contributed by atoms with Crippen LogP contribution in [-0.2, 0) is 11.4 Å². The van der Waals surface area contributed by atoms with Crippen LogP contribution in [0.25, 0.3) is 6.08 Å². The maximum atomic E-state index is 10.5. The largest absolute Gasteiger partial charge is 0.485 e. The van der Waals surface area contributed by atoms with Gasteiger partial charge in [-0.3, -0.25) is 0 Å². The van der Waals surface area contributed by atoms with Crippen LogP contribution in [0.1, 0.15) is 11.3 Å². The Morgan fingerprint density at radius 2 is 2.37 bits per heavy atom. The van der Waals surface area contributed by atoms with E-state index in [9.17, 15) is 4.79 Å². The Bertz CT molecular complexity index is 596. The monoisotopic (exact) mass is 295 g/mol. The molecule has 98 valence electrons. The highest BCUT2D eigenvalue weighted by atomic mass is 35.5. The minimum absolute atomic E-state index is 0.293. The zero-order valence-corrected chi connectivity index (χ0v) is 11.3. The Morgan fingerprint density at radius 1 is 1.53 bits per heavy atom. The average Bonchev–Trinajstić information content (AvgIpc) is 2.88. The number of benzene rings is 1. The summed E-state index contributed by atoms with van der Waals surface area (Å²) in [5.74, 6) is -0.569. The van der Waals surface area contributed by atoms with Gasteiger partial charge in [0.15, 0.2) is 0 Å². The molecule has 2 aromatic rings. The molecule has 0 saturated heterocycles. The maximum Gasteiger partial charge on any atom is 0.328 e. The van der Waals surface area contributed by atoms with Crippen molar-refractivity contribution in [1.82, 2.24) is 4.98 Å². The Kier molecular flexibility index (Phi) is 4.54. The lowest BCUT2D eigenvalue weighted by Gasteiger charge is -2.09. The fraction of sp³-hybridized carbons (Fsp3) is 0.0769. The normalized spacial score (nSPS) is 10.8. The van der Waals surface area contributed by atoms with Gasteiger partial charge in [0, 0.05) is 17.0 Å². The third-order valence-electron chi connectivity index (χ3n) is 2.25. The second-order valence-corrected chi connectivity index (χ2v) is 4.72. The molecular formula is C13H10ClNO3S. The van der Waals surface area contributed by atoms with E-state index in [1.54, 1.807) is 23.7 Å². The second-order valence-electron chi connectivity index (χ2n) is 3.60. The van der Waals surface area contributed by atoms with Crippen molar-refractivity contribution in [3.63, 3.8) is 0 Å². The van der Waals surface area contributed by atoms with Crippen molar-refractivity contribution < 1.29 is 14.6 Å². The number of hydrogen-bond donors (Lipinski definition) is 1. The summed E-state index contributed by atoms with van der Waals surface area (Å²) < 4.78 is 5.61. The van der Waals surface area contributed by atoms with Gasteiger partial charge in [0.2, 0.25) is 0 Å². The van der Waals surface area contributed by atoms with Gasteiger partial charge in [-0.05, 0) is 12.1 Å². The predicted octanol–water partition coefficient (Wildman–Crippen LogP) is 3.47. The SMILES string of the molecule is O=C(O)/C=C/c1cccc(Cl)c1OCc1cscn1.